The number of benzene rings is 7. The molecule has 0 bridgehead atoms. The highest BCUT2D eigenvalue weighted by Gasteiger charge is 2.25. The average molecular weight is 536 g/mol. The molecule has 0 saturated heterocycles. The molecule has 0 amide bonds. The van der Waals surface area contributed by atoms with Crippen molar-refractivity contribution in [3.8, 4) is 44.8 Å². The number of hydrogen-bond acceptors (Lipinski definition) is 3. The number of oxazole rings is 1. The molecule has 3 heteroatoms. The first kappa shape index (κ1) is 22.1. The third kappa shape index (κ3) is 2.92. The van der Waals surface area contributed by atoms with Crippen molar-refractivity contribution in [3.63, 3.8) is 0 Å². The molecule has 3 nitrogen and oxygen atoms in total. The van der Waals surface area contributed by atoms with Crippen molar-refractivity contribution in [1.82, 2.24) is 4.98 Å². The first-order chi connectivity index (χ1) is 20.8. The van der Waals surface area contributed by atoms with Gasteiger partial charge in [-0.25, -0.2) is 4.98 Å². The molecular weight excluding hydrogens is 514 g/mol. The van der Waals surface area contributed by atoms with Gasteiger partial charge >= 0.3 is 0 Å². The molecule has 0 unspecified atom stereocenters. The van der Waals surface area contributed by atoms with Gasteiger partial charge in [-0.05, 0) is 92.0 Å². The highest BCUT2D eigenvalue weighted by atomic mass is 16.3. The van der Waals surface area contributed by atoms with Crippen LogP contribution in [0.4, 0.5) is 0 Å². The maximum atomic E-state index is 6.32. The van der Waals surface area contributed by atoms with E-state index in [-0.39, 0.29) is 0 Å². The molecule has 9 aromatic rings. The zero-order valence-corrected chi connectivity index (χ0v) is 22.4. The third-order valence-electron chi connectivity index (χ3n) is 8.83. The molecule has 10 rings (SSSR count). The lowest BCUT2D eigenvalue weighted by atomic mass is 9.96. The van der Waals surface area contributed by atoms with Crippen molar-refractivity contribution in [3.05, 3.63) is 127 Å². The lowest BCUT2D eigenvalue weighted by Crippen LogP contribution is -1.83. The van der Waals surface area contributed by atoms with E-state index in [1.165, 1.54) is 54.9 Å². The van der Waals surface area contributed by atoms with Crippen molar-refractivity contribution in [1.29, 1.82) is 0 Å². The molecule has 42 heavy (non-hydrogen) atoms. The summed E-state index contributed by atoms with van der Waals surface area (Å²) in [4.78, 5) is 4.87. The molecule has 0 radical (unpaired) electrons. The van der Waals surface area contributed by atoms with Crippen LogP contribution in [-0.2, 0) is 0 Å². The molecule has 0 N–H and O–H groups in total. The fourth-order valence-electron chi connectivity index (χ4n) is 6.92. The van der Waals surface area contributed by atoms with Crippen LogP contribution in [0.2, 0.25) is 0 Å². The van der Waals surface area contributed by atoms with Crippen molar-refractivity contribution < 1.29 is 8.83 Å². The van der Waals surface area contributed by atoms with Crippen LogP contribution in [0.25, 0.3) is 99.4 Å². The Balaban J connectivity index is 1.12. The van der Waals surface area contributed by atoms with Crippen LogP contribution >= 0.6 is 0 Å². The Bertz CT molecular complexity index is 2570. The van der Waals surface area contributed by atoms with E-state index in [0.717, 1.165) is 38.6 Å². The number of fused-ring (bicyclic) bond motifs is 10. The van der Waals surface area contributed by atoms with Gasteiger partial charge < -0.3 is 8.83 Å². The Kier molecular flexibility index (Phi) is 4.18. The van der Waals surface area contributed by atoms with Crippen LogP contribution in [0.1, 0.15) is 0 Å². The highest BCUT2D eigenvalue weighted by molar-refractivity contribution is 6.28. The van der Waals surface area contributed by atoms with Gasteiger partial charge in [0.1, 0.15) is 16.7 Å². The summed E-state index contributed by atoms with van der Waals surface area (Å²) in [5, 5.41) is 7.16. The molecule has 1 aliphatic carbocycles. The second kappa shape index (κ2) is 7.96. The molecule has 0 fully saturated rings. The highest BCUT2D eigenvalue weighted by Crippen LogP contribution is 2.51. The smallest absolute Gasteiger partial charge is 0.227 e. The van der Waals surface area contributed by atoms with Crippen molar-refractivity contribution in [2.45, 2.75) is 0 Å². The van der Waals surface area contributed by atoms with Gasteiger partial charge in [0, 0.05) is 21.7 Å². The van der Waals surface area contributed by atoms with Crippen LogP contribution in [0.3, 0.4) is 0 Å². The van der Waals surface area contributed by atoms with Gasteiger partial charge in [0.2, 0.25) is 5.89 Å². The maximum absolute atomic E-state index is 6.32. The van der Waals surface area contributed by atoms with E-state index >= 15 is 0 Å². The van der Waals surface area contributed by atoms with Crippen LogP contribution in [0, 0.1) is 0 Å². The van der Waals surface area contributed by atoms with Crippen molar-refractivity contribution in [2.75, 3.05) is 0 Å². The number of hydrogen-bond donors (Lipinski definition) is 0. The zero-order chi connectivity index (χ0) is 27.4. The summed E-state index contributed by atoms with van der Waals surface area (Å²) in [5.74, 6) is 0.648. The first-order valence-electron chi connectivity index (χ1n) is 14.2. The molecule has 1 aliphatic rings. The van der Waals surface area contributed by atoms with Crippen LogP contribution in [-0.4, -0.2) is 4.98 Å². The predicted octanol–water partition coefficient (Wildman–Crippen LogP) is 11.0. The third-order valence-corrected chi connectivity index (χ3v) is 8.83. The van der Waals surface area contributed by atoms with Gasteiger partial charge in [-0.2, -0.15) is 0 Å². The monoisotopic (exact) mass is 535 g/mol. The van der Waals surface area contributed by atoms with E-state index in [1.54, 1.807) is 0 Å². The second-order valence-corrected chi connectivity index (χ2v) is 11.1. The minimum Gasteiger partial charge on any atom is -0.456 e. The molecule has 0 atom stereocenters. The Hall–Kier alpha value is -5.67. The van der Waals surface area contributed by atoms with Crippen LogP contribution in [0.5, 0.6) is 0 Å². The van der Waals surface area contributed by atoms with Gasteiger partial charge in [-0.15, -0.1) is 0 Å². The lowest BCUT2D eigenvalue weighted by Gasteiger charge is -2.08. The topological polar surface area (TPSA) is 39.2 Å². The van der Waals surface area contributed by atoms with E-state index in [0.29, 0.717) is 5.89 Å². The van der Waals surface area contributed by atoms with Crippen LogP contribution < -0.4 is 0 Å². The number of rotatable bonds is 2. The number of nitrogens with zero attached hydrogens (tertiary/aromatic N) is 1. The number of furan rings is 1. The largest absolute Gasteiger partial charge is 0.456 e. The Morgan fingerprint density at radius 1 is 0.405 bits per heavy atom. The van der Waals surface area contributed by atoms with Crippen molar-refractivity contribution in [2.24, 2.45) is 0 Å². The van der Waals surface area contributed by atoms with E-state index in [1.807, 2.05) is 42.5 Å². The Morgan fingerprint density at radius 2 is 1.24 bits per heavy atom. The molecule has 0 spiro atoms. The normalized spacial score (nSPS) is 12.3. The number of para-hydroxylation sites is 1. The summed E-state index contributed by atoms with van der Waals surface area (Å²) in [6.07, 6.45) is 0. The van der Waals surface area contributed by atoms with Crippen LogP contribution in [0.15, 0.2) is 136 Å². The second-order valence-electron chi connectivity index (χ2n) is 11.1. The minimum absolute atomic E-state index is 0.648. The predicted molar refractivity (Wildman–Crippen MR) is 172 cm³/mol. The Morgan fingerprint density at radius 3 is 2.19 bits per heavy atom. The van der Waals surface area contributed by atoms with E-state index in [2.05, 4.69) is 84.9 Å². The van der Waals surface area contributed by atoms with Gasteiger partial charge in [0.15, 0.2) is 5.58 Å². The number of aromatic nitrogens is 1. The van der Waals surface area contributed by atoms with Gasteiger partial charge in [-0.3, -0.25) is 0 Å². The van der Waals surface area contributed by atoms with Gasteiger partial charge in [0.25, 0.3) is 0 Å². The fourth-order valence-corrected chi connectivity index (χ4v) is 6.92. The SMILES string of the molecule is c1ccc(-c2nc3c(ccc4cc(-c5ccc6c(c5)-c5cccc7c5c-6cc5oc6ccccc6c57)ccc43)o2)cc1. The Labute approximate surface area is 240 Å². The molecule has 2 heterocycles. The molecular formula is C39H21NO2. The lowest BCUT2D eigenvalue weighted by molar-refractivity contribution is 0.620. The fraction of sp³-hybridized carbons (Fsp3) is 0. The minimum atomic E-state index is 0.648. The molecule has 7 aromatic carbocycles. The average Bonchev–Trinajstić information content (AvgIpc) is 3.74. The van der Waals surface area contributed by atoms with Gasteiger partial charge in [0.05, 0.1) is 0 Å². The van der Waals surface area contributed by atoms with Crippen molar-refractivity contribution >= 4 is 54.6 Å². The molecule has 0 aliphatic heterocycles. The quantitative estimate of drug-likeness (QED) is 0.221. The maximum Gasteiger partial charge on any atom is 0.227 e. The molecule has 0 saturated carbocycles. The summed E-state index contributed by atoms with van der Waals surface area (Å²) in [6.45, 7) is 0. The summed E-state index contributed by atoms with van der Waals surface area (Å²) in [7, 11) is 0. The first-order valence-corrected chi connectivity index (χ1v) is 14.2. The summed E-state index contributed by atoms with van der Waals surface area (Å²) in [6, 6.07) is 44.9. The van der Waals surface area contributed by atoms with E-state index in [9.17, 15) is 0 Å². The van der Waals surface area contributed by atoms with Gasteiger partial charge in [-0.1, -0.05) is 84.9 Å². The summed E-state index contributed by atoms with van der Waals surface area (Å²) >= 11 is 0. The molecule has 2 aromatic heterocycles. The van der Waals surface area contributed by atoms with E-state index in [4.69, 9.17) is 13.8 Å². The zero-order valence-electron chi connectivity index (χ0n) is 22.4. The van der Waals surface area contributed by atoms with E-state index < -0.39 is 0 Å². The standard InChI is InChI=1S/C39H21NO2/c1-2-7-22(8-3-1)39-40-38-26-16-13-23(19-25(26)15-18-34(38)42-39)24-14-17-27-31(20-24)28-10-6-11-30-36(28)32(27)21-35-37(30)29-9-4-5-12-33(29)41-35/h1-21H. The summed E-state index contributed by atoms with van der Waals surface area (Å²) < 4.78 is 12.4. The summed E-state index contributed by atoms with van der Waals surface area (Å²) in [5.41, 5.74) is 12.0. The molecule has 194 valence electrons.